The molecule has 0 spiro atoms. The second kappa shape index (κ2) is 7.39. The van der Waals surface area contributed by atoms with Gasteiger partial charge in [-0.2, -0.15) is 0 Å². The Morgan fingerprint density at radius 2 is 1.95 bits per heavy atom. The highest BCUT2D eigenvalue weighted by molar-refractivity contribution is 5.15. The molecule has 0 bridgehead atoms. The van der Waals surface area contributed by atoms with Gasteiger partial charge in [0.15, 0.2) is 0 Å². The molecule has 1 aliphatic carbocycles. The fraction of sp³-hybridized carbons (Fsp3) is 0.667. The van der Waals surface area contributed by atoms with Crippen molar-refractivity contribution in [3.05, 3.63) is 35.9 Å². The summed E-state index contributed by atoms with van der Waals surface area (Å²) in [6, 6.07) is 11.7. The standard InChI is InChI=1S/C18H28N2O/c21-12-11-19-10-4-7-17(13-19)15-20(18-8-9-18)14-16-5-2-1-3-6-16/h1-3,5-6,17-18,21H,4,7-15H2. The van der Waals surface area contributed by atoms with Gasteiger partial charge in [-0.15, -0.1) is 0 Å². The quantitative estimate of drug-likeness (QED) is 0.834. The first kappa shape index (κ1) is 15.0. The number of aliphatic hydroxyl groups excluding tert-OH is 1. The first-order chi connectivity index (χ1) is 10.3. The first-order valence-electron chi connectivity index (χ1n) is 8.46. The van der Waals surface area contributed by atoms with Gasteiger partial charge < -0.3 is 10.0 Å². The molecule has 3 heteroatoms. The molecule has 21 heavy (non-hydrogen) atoms. The van der Waals surface area contributed by atoms with Crippen molar-refractivity contribution < 1.29 is 5.11 Å². The Bertz CT molecular complexity index is 416. The van der Waals surface area contributed by atoms with Gasteiger partial charge in [0.25, 0.3) is 0 Å². The summed E-state index contributed by atoms with van der Waals surface area (Å²) in [7, 11) is 0. The molecule has 0 radical (unpaired) electrons. The van der Waals surface area contributed by atoms with Crippen molar-refractivity contribution in [3.63, 3.8) is 0 Å². The van der Waals surface area contributed by atoms with Gasteiger partial charge in [0, 0.05) is 32.2 Å². The summed E-state index contributed by atoms with van der Waals surface area (Å²) in [6.07, 6.45) is 5.38. The van der Waals surface area contributed by atoms with Crippen molar-refractivity contribution >= 4 is 0 Å². The Balaban J connectivity index is 1.55. The molecule has 1 saturated heterocycles. The topological polar surface area (TPSA) is 26.7 Å². The number of β-amino-alcohol motifs (C(OH)–C–C–N with tert-alkyl or cyclic N) is 1. The number of nitrogens with zero attached hydrogens (tertiary/aromatic N) is 2. The summed E-state index contributed by atoms with van der Waals surface area (Å²) >= 11 is 0. The molecule has 116 valence electrons. The van der Waals surface area contributed by atoms with E-state index in [1.165, 1.54) is 50.9 Å². The average Bonchev–Trinajstić information content (AvgIpc) is 3.33. The number of piperidine rings is 1. The van der Waals surface area contributed by atoms with Gasteiger partial charge in [-0.1, -0.05) is 30.3 Å². The van der Waals surface area contributed by atoms with Crippen LogP contribution < -0.4 is 0 Å². The number of hydrogen-bond donors (Lipinski definition) is 1. The molecule has 1 aliphatic heterocycles. The van der Waals surface area contributed by atoms with E-state index in [4.69, 9.17) is 5.11 Å². The van der Waals surface area contributed by atoms with Gasteiger partial charge in [-0.3, -0.25) is 4.90 Å². The summed E-state index contributed by atoms with van der Waals surface area (Å²) in [5, 5.41) is 9.13. The Kier molecular flexibility index (Phi) is 5.28. The van der Waals surface area contributed by atoms with Crippen LogP contribution in [-0.4, -0.2) is 53.7 Å². The maximum Gasteiger partial charge on any atom is 0.0558 e. The van der Waals surface area contributed by atoms with E-state index in [2.05, 4.69) is 40.1 Å². The van der Waals surface area contributed by atoms with Crippen molar-refractivity contribution in [2.45, 2.75) is 38.3 Å². The molecule has 0 aromatic heterocycles. The number of hydrogen-bond acceptors (Lipinski definition) is 3. The van der Waals surface area contributed by atoms with Crippen molar-refractivity contribution in [3.8, 4) is 0 Å². The zero-order valence-electron chi connectivity index (χ0n) is 13.0. The lowest BCUT2D eigenvalue weighted by molar-refractivity contribution is 0.109. The predicted octanol–water partition coefficient (Wildman–Crippen LogP) is 2.36. The van der Waals surface area contributed by atoms with E-state index in [-0.39, 0.29) is 0 Å². The van der Waals surface area contributed by atoms with Gasteiger partial charge in [0.2, 0.25) is 0 Å². The second-order valence-electron chi connectivity index (χ2n) is 6.68. The van der Waals surface area contributed by atoms with Gasteiger partial charge in [-0.05, 0) is 43.7 Å². The van der Waals surface area contributed by atoms with Crippen molar-refractivity contribution in [2.75, 3.05) is 32.8 Å². The van der Waals surface area contributed by atoms with E-state index in [1.54, 1.807) is 0 Å². The lowest BCUT2D eigenvalue weighted by Crippen LogP contribution is -2.42. The molecule has 1 N–H and O–H groups in total. The molecule has 1 aromatic carbocycles. The summed E-state index contributed by atoms with van der Waals surface area (Å²) in [4.78, 5) is 5.13. The predicted molar refractivity (Wildman–Crippen MR) is 86.1 cm³/mol. The third-order valence-corrected chi connectivity index (χ3v) is 4.80. The Labute approximate surface area is 128 Å². The number of rotatable bonds is 7. The highest BCUT2D eigenvalue weighted by Crippen LogP contribution is 2.30. The summed E-state index contributed by atoms with van der Waals surface area (Å²) < 4.78 is 0. The van der Waals surface area contributed by atoms with E-state index in [1.807, 2.05) is 0 Å². The average molecular weight is 288 g/mol. The van der Waals surface area contributed by atoms with E-state index >= 15 is 0 Å². The van der Waals surface area contributed by atoms with Gasteiger partial charge >= 0.3 is 0 Å². The number of aliphatic hydroxyl groups is 1. The summed E-state index contributed by atoms with van der Waals surface area (Å²) in [6.45, 7) is 5.79. The highest BCUT2D eigenvalue weighted by atomic mass is 16.3. The zero-order valence-corrected chi connectivity index (χ0v) is 13.0. The molecule has 1 saturated carbocycles. The zero-order chi connectivity index (χ0) is 14.5. The Hall–Kier alpha value is -0.900. The SMILES string of the molecule is OCCN1CCCC(CN(Cc2ccccc2)C2CC2)C1. The van der Waals surface area contributed by atoms with Crippen LogP contribution in [0.1, 0.15) is 31.2 Å². The minimum Gasteiger partial charge on any atom is -0.395 e. The minimum atomic E-state index is 0.295. The van der Waals surface area contributed by atoms with E-state index in [0.717, 1.165) is 25.0 Å². The van der Waals surface area contributed by atoms with E-state index in [9.17, 15) is 0 Å². The van der Waals surface area contributed by atoms with Crippen molar-refractivity contribution in [1.82, 2.24) is 9.80 Å². The van der Waals surface area contributed by atoms with Crippen LogP contribution >= 0.6 is 0 Å². The van der Waals surface area contributed by atoms with E-state index in [0.29, 0.717) is 6.61 Å². The minimum absolute atomic E-state index is 0.295. The molecule has 3 nitrogen and oxygen atoms in total. The number of benzene rings is 1. The Morgan fingerprint density at radius 1 is 1.14 bits per heavy atom. The van der Waals surface area contributed by atoms with Crippen LogP contribution in [0, 0.1) is 5.92 Å². The second-order valence-corrected chi connectivity index (χ2v) is 6.68. The summed E-state index contributed by atoms with van der Waals surface area (Å²) in [5.74, 6) is 0.773. The largest absolute Gasteiger partial charge is 0.395 e. The molecule has 2 aliphatic rings. The molecule has 1 atom stereocenters. The fourth-order valence-corrected chi connectivity index (χ4v) is 3.58. The smallest absolute Gasteiger partial charge is 0.0558 e. The molecule has 1 aromatic rings. The molecular weight excluding hydrogens is 260 g/mol. The molecule has 2 fully saturated rings. The van der Waals surface area contributed by atoms with Crippen molar-refractivity contribution in [2.24, 2.45) is 5.92 Å². The lowest BCUT2D eigenvalue weighted by atomic mass is 9.97. The van der Waals surface area contributed by atoms with Gasteiger partial charge in [0.1, 0.15) is 0 Å². The fourth-order valence-electron chi connectivity index (χ4n) is 3.58. The van der Waals surface area contributed by atoms with Crippen molar-refractivity contribution in [1.29, 1.82) is 0 Å². The maximum atomic E-state index is 9.13. The van der Waals surface area contributed by atoms with Crippen LogP contribution in [0.15, 0.2) is 30.3 Å². The summed E-state index contributed by atoms with van der Waals surface area (Å²) in [5.41, 5.74) is 1.44. The van der Waals surface area contributed by atoms with Crippen LogP contribution in [0.3, 0.4) is 0 Å². The van der Waals surface area contributed by atoms with Gasteiger partial charge in [0.05, 0.1) is 6.61 Å². The van der Waals surface area contributed by atoms with Gasteiger partial charge in [-0.25, -0.2) is 0 Å². The monoisotopic (exact) mass is 288 g/mol. The molecular formula is C18H28N2O. The number of likely N-dealkylation sites (tertiary alicyclic amines) is 1. The first-order valence-corrected chi connectivity index (χ1v) is 8.46. The molecule has 3 rings (SSSR count). The third kappa shape index (κ3) is 4.53. The van der Waals surface area contributed by atoms with Crippen LogP contribution in [0.4, 0.5) is 0 Å². The lowest BCUT2D eigenvalue weighted by Gasteiger charge is -2.35. The van der Waals surface area contributed by atoms with Crippen LogP contribution in [0.25, 0.3) is 0 Å². The van der Waals surface area contributed by atoms with Crippen LogP contribution in [0.5, 0.6) is 0 Å². The third-order valence-electron chi connectivity index (χ3n) is 4.80. The van der Waals surface area contributed by atoms with Crippen LogP contribution in [0.2, 0.25) is 0 Å². The van der Waals surface area contributed by atoms with Crippen LogP contribution in [-0.2, 0) is 6.54 Å². The molecule has 0 amide bonds. The maximum absolute atomic E-state index is 9.13. The molecule has 1 unspecified atom stereocenters. The van der Waals surface area contributed by atoms with E-state index < -0.39 is 0 Å². The normalized spacial score (nSPS) is 23.6. The highest BCUT2D eigenvalue weighted by Gasteiger charge is 2.31. The molecule has 1 heterocycles. The Morgan fingerprint density at radius 3 is 2.67 bits per heavy atom.